The van der Waals surface area contributed by atoms with Crippen molar-refractivity contribution in [1.82, 2.24) is 0 Å². The molecule has 2 unspecified atom stereocenters. The maximum atomic E-state index is 10.6. The third-order valence-electron chi connectivity index (χ3n) is 1.25. The maximum absolute atomic E-state index is 10.6. The molecule has 0 bridgehead atoms. The predicted octanol–water partition coefficient (Wildman–Crippen LogP) is 0.726. The fourth-order valence-corrected chi connectivity index (χ4v) is 1.28. The summed E-state index contributed by atoms with van der Waals surface area (Å²) < 4.78 is 0. The van der Waals surface area contributed by atoms with Gasteiger partial charge in [0, 0.05) is 11.7 Å². The van der Waals surface area contributed by atoms with Crippen molar-refractivity contribution in [2.75, 3.05) is 5.75 Å². The average Bonchev–Trinajstić information content (AvgIpc) is 1.81. The Kier molecular flexibility index (Phi) is 4.99. The smallest absolute Gasteiger partial charge is 0.221 e. The Bertz CT molecular complexity index is 116. The largest absolute Gasteiger partial charge is 0.369 e. The second-order valence-corrected chi connectivity index (χ2v) is 3.61. The minimum Gasteiger partial charge on any atom is -0.369 e. The lowest BCUT2D eigenvalue weighted by Gasteiger charge is -2.11. The molecular weight excluding hydrogens is 166 g/mol. The van der Waals surface area contributed by atoms with Crippen molar-refractivity contribution in [3.05, 3.63) is 0 Å². The highest BCUT2D eigenvalue weighted by molar-refractivity contribution is 7.81. The summed E-state index contributed by atoms with van der Waals surface area (Å²) in [6, 6.07) is 0. The van der Waals surface area contributed by atoms with Crippen LogP contribution in [-0.2, 0) is 4.79 Å². The minimum atomic E-state index is -0.282. The monoisotopic (exact) mass is 179 g/mol. The Hall–Kier alpha value is 0.170. The fraction of sp³-hybridized carbons (Fsp3) is 0.833. The van der Waals surface area contributed by atoms with Gasteiger partial charge in [-0.1, -0.05) is 6.92 Å². The van der Waals surface area contributed by atoms with Crippen LogP contribution in [0.25, 0.3) is 0 Å². The first kappa shape index (κ1) is 10.2. The van der Waals surface area contributed by atoms with Gasteiger partial charge in [0.05, 0.1) is 0 Å². The number of rotatable bonds is 4. The van der Waals surface area contributed by atoms with Gasteiger partial charge in [-0.25, -0.2) is 0 Å². The molecule has 0 aromatic carbocycles. The molecule has 0 aromatic heterocycles. The van der Waals surface area contributed by atoms with E-state index in [9.17, 15) is 4.79 Å². The predicted molar refractivity (Wildman–Crippen MR) is 49.6 cm³/mol. The van der Waals surface area contributed by atoms with E-state index in [1.165, 1.54) is 0 Å². The minimum absolute atomic E-state index is 0.129. The van der Waals surface area contributed by atoms with Crippen molar-refractivity contribution in [2.45, 2.75) is 18.6 Å². The number of amides is 1. The summed E-state index contributed by atoms with van der Waals surface area (Å²) in [5.74, 6) is 0.104. The highest BCUT2D eigenvalue weighted by Gasteiger charge is 2.14. The molecule has 0 aromatic rings. The molecule has 0 spiro atoms. The standard InChI is InChI=1S/C6H13NOS2/c1-4(10)2-5(3-9)6(7)8/h4-5,9-10H,2-3H2,1H3,(H2,7,8). The molecule has 10 heavy (non-hydrogen) atoms. The number of primary amides is 1. The molecule has 0 saturated heterocycles. The fourth-order valence-electron chi connectivity index (χ4n) is 0.692. The lowest BCUT2D eigenvalue weighted by Crippen LogP contribution is -2.26. The molecule has 0 heterocycles. The van der Waals surface area contributed by atoms with Crippen LogP contribution < -0.4 is 5.73 Å². The number of hydrogen-bond donors (Lipinski definition) is 3. The first-order valence-corrected chi connectivity index (χ1v) is 4.31. The second-order valence-electron chi connectivity index (χ2n) is 2.37. The molecule has 1 amide bonds. The van der Waals surface area contributed by atoms with Crippen LogP contribution in [0.2, 0.25) is 0 Å². The molecule has 0 aliphatic heterocycles. The molecule has 2 nitrogen and oxygen atoms in total. The van der Waals surface area contributed by atoms with Crippen LogP contribution in [-0.4, -0.2) is 16.9 Å². The third-order valence-corrected chi connectivity index (χ3v) is 1.90. The van der Waals surface area contributed by atoms with E-state index < -0.39 is 0 Å². The highest BCUT2D eigenvalue weighted by atomic mass is 32.1. The van der Waals surface area contributed by atoms with Crippen molar-refractivity contribution in [3.8, 4) is 0 Å². The van der Waals surface area contributed by atoms with Crippen LogP contribution in [0.3, 0.4) is 0 Å². The summed E-state index contributed by atoms with van der Waals surface area (Å²) in [4.78, 5) is 10.6. The van der Waals surface area contributed by atoms with E-state index in [4.69, 9.17) is 5.73 Å². The van der Waals surface area contributed by atoms with E-state index >= 15 is 0 Å². The zero-order chi connectivity index (χ0) is 8.15. The lowest BCUT2D eigenvalue weighted by molar-refractivity contribution is -0.121. The zero-order valence-corrected chi connectivity index (χ0v) is 7.74. The van der Waals surface area contributed by atoms with Gasteiger partial charge in [-0.3, -0.25) is 4.79 Å². The first-order valence-electron chi connectivity index (χ1n) is 3.16. The summed E-state index contributed by atoms with van der Waals surface area (Å²) in [6.45, 7) is 1.93. The molecule has 0 rings (SSSR count). The molecule has 60 valence electrons. The Morgan fingerprint density at radius 1 is 1.70 bits per heavy atom. The van der Waals surface area contributed by atoms with E-state index in [1.807, 2.05) is 6.92 Å². The van der Waals surface area contributed by atoms with Gasteiger partial charge >= 0.3 is 0 Å². The van der Waals surface area contributed by atoms with Crippen LogP contribution in [0.15, 0.2) is 0 Å². The summed E-state index contributed by atoms with van der Waals surface area (Å²) >= 11 is 8.14. The van der Waals surface area contributed by atoms with Crippen LogP contribution >= 0.6 is 25.3 Å². The van der Waals surface area contributed by atoms with Crippen molar-refractivity contribution < 1.29 is 4.79 Å². The number of hydrogen-bond acceptors (Lipinski definition) is 3. The maximum Gasteiger partial charge on any atom is 0.221 e. The van der Waals surface area contributed by atoms with E-state index in [1.54, 1.807) is 0 Å². The van der Waals surface area contributed by atoms with Crippen LogP contribution in [0.1, 0.15) is 13.3 Å². The quantitative estimate of drug-likeness (QED) is 0.547. The van der Waals surface area contributed by atoms with Crippen molar-refractivity contribution in [1.29, 1.82) is 0 Å². The number of nitrogens with two attached hydrogens (primary N) is 1. The Balaban J connectivity index is 3.72. The normalized spacial score (nSPS) is 16.3. The number of carbonyl (C=O) groups excluding carboxylic acids is 1. The summed E-state index contributed by atoms with van der Waals surface area (Å²) in [5, 5.41) is 0.213. The Labute approximate surface area is 72.4 Å². The molecule has 0 fully saturated rings. The summed E-state index contributed by atoms with van der Waals surface area (Å²) in [7, 11) is 0. The summed E-state index contributed by atoms with van der Waals surface area (Å²) in [6.07, 6.45) is 0.710. The van der Waals surface area contributed by atoms with Gasteiger partial charge in [-0.2, -0.15) is 25.3 Å². The Morgan fingerprint density at radius 2 is 2.20 bits per heavy atom. The second kappa shape index (κ2) is 4.91. The SMILES string of the molecule is CC(S)CC(CS)C(N)=O. The van der Waals surface area contributed by atoms with Crippen LogP contribution in [0.4, 0.5) is 0 Å². The van der Waals surface area contributed by atoms with Crippen molar-refractivity contribution in [3.63, 3.8) is 0 Å². The van der Waals surface area contributed by atoms with Gasteiger partial charge in [0.2, 0.25) is 5.91 Å². The molecule has 0 aliphatic rings. The molecule has 4 heteroatoms. The molecule has 2 N–H and O–H groups in total. The van der Waals surface area contributed by atoms with E-state index in [0.29, 0.717) is 12.2 Å². The van der Waals surface area contributed by atoms with Gasteiger partial charge in [0.1, 0.15) is 0 Å². The molecular formula is C6H13NOS2. The van der Waals surface area contributed by atoms with E-state index in [-0.39, 0.29) is 17.1 Å². The van der Waals surface area contributed by atoms with Gasteiger partial charge in [-0.05, 0) is 11.7 Å². The number of carbonyl (C=O) groups is 1. The third kappa shape index (κ3) is 4.06. The van der Waals surface area contributed by atoms with Gasteiger partial charge in [0.25, 0.3) is 0 Å². The molecule has 0 radical (unpaired) electrons. The molecule has 0 aliphatic carbocycles. The van der Waals surface area contributed by atoms with Crippen molar-refractivity contribution in [2.24, 2.45) is 11.7 Å². The van der Waals surface area contributed by atoms with Crippen molar-refractivity contribution >= 4 is 31.2 Å². The van der Waals surface area contributed by atoms with Crippen LogP contribution in [0, 0.1) is 5.92 Å². The Morgan fingerprint density at radius 3 is 2.30 bits per heavy atom. The first-order chi connectivity index (χ1) is 4.57. The highest BCUT2D eigenvalue weighted by Crippen LogP contribution is 2.11. The lowest BCUT2D eigenvalue weighted by atomic mass is 10.1. The van der Waals surface area contributed by atoms with Crippen LogP contribution in [0.5, 0.6) is 0 Å². The van der Waals surface area contributed by atoms with E-state index in [2.05, 4.69) is 25.3 Å². The van der Waals surface area contributed by atoms with Gasteiger partial charge in [0.15, 0.2) is 0 Å². The number of thiol groups is 2. The molecule has 2 atom stereocenters. The van der Waals surface area contributed by atoms with Gasteiger partial charge < -0.3 is 5.73 Å². The summed E-state index contributed by atoms with van der Waals surface area (Å²) in [5.41, 5.74) is 5.07. The average molecular weight is 179 g/mol. The van der Waals surface area contributed by atoms with E-state index in [0.717, 1.165) is 0 Å². The van der Waals surface area contributed by atoms with Gasteiger partial charge in [-0.15, -0.1) is 0 Å². The molecule has 0 saturated carbocycles. The zero-order valence-electron chi connectivity index (χ0n) is 5.95. The topological polar surface area (TPSA) is 43.1 Å².